The molecule has 0 saturated carbocycles. The van der Waals surface area contributed by atoms with E-state index < -0.39 is 0 Å². The SMILES string of the molecule is CCCCN.CNI.CNI.CNI.CN[I-]I.CN[I-]I. The van der Waals surface area contributed by atoms with Crippen LogP contribution in [0.3, 0.4) is 0 Å². The van der Waals surface area contributed by atoms with Crippen LogP contribution in [0.5, 0.6) is 0 Å². The molecule has 0 bridgehead atoms. The van der Waals surface area contributed by atoms with Gasteiger partial charge in [0.15, 0.2) is 0 Å². The third-order valence-corrected chi connectivity index (χ3v) is 6.99. The van der Waals surface area contributed by atoms with Crippen molar-refractivity contribution in [3.8, 4) is 0 Å². The van der Waals surface area contributed by atoms with Gasteiger partial charge >= 0.3 is 93.4 Å². The van der Waals surface area contributed by atoms with Gasteiger partial charge in [-0.05, 0) is 34.1 Å². The summed E-state index contributed by atoms with van der Waals surface area (Å²) in [5, 5.41) is 0. The molecule has 0 rings (SSSR count). The van der Waals surface area contributed by atoms with Gasteiger partial charge in [-0.15, -0.1) is 0 Å². The molecule has 0 aromatic carbocycles. The van der Waals surface area contributed by atoms with Crippen molar-refractivity contribution < 1.29 is 35.0 Å². The van der Waals surface area contributed by atoms with Crippen molar-refractivity contribution in [3.05, 3.63) is 0 Å². The summed E-state index contributed by atoms with van der Waals surface area (Å²) in [7, 11) is 9.53. The van der Waals surface area contributed by atoms with Crippen LogP contribution in [0.25, 0.3) is 0 Å². The van der Waals surface area contributed by atoms with Gasteiger partial charge in [0.2, 0.25) is 0 Å². The van der Waals surface area contributed by atoms with Crippen molar-refractivity contribution in [2.75, 3.05) is 41.8 Å². The maximum absolute atomic E-state index is 5.14. The fourth-order valence-corrected chi connectivity index (χ4v) is 0.204. The molecule has 0 heterocycles. The zero-order valence-electron chi connectivity index (χ0n) is 13.8. The Labute approximate surface area is 221 Å². The molecule has 0 saturated heterocycles. The normalized spacial score (nSPS) is 7.45. The molecule has 0 spiro atoms. The number of halogens is 7. The van der Waals surface area contributed by atoms with Crippen LogP contribution >= 0.6 is 106 Å². The molecule has 0 aliphatic carbocycles. The van der Waals surface area contributed by atoms with Gasteiger partial charge in [-0.25, -0.2) is 0 Å². The second-order valence-electron chi connectivity index (χ2n) is 2.23. The van der Waals surface area contributed by atoms with E-state index in [1.165, 1.54) is 12.8 Å². The minimum atomic E-state index is 0.331. The van der Waals surface area contributed by atoms with Gasteiger partial charge in [-0.3, -0.25) is 10.6 Å². The van der Waals surface area contributed by atoms with Crippen LogP contribution in [0.4, 0.5) is 0 Å². The first-order valence-electron chi connectivity index (χ1n) is 5.85. The van der Waals surface area contributed by atoms with Gasteiger partial charge in [-0.1, -0.05) is 13.3 Å². The number of rotatable bonds is 4. The molecule has 0 unspecified atom stereocenters. The van der Waals surface area contributed by atoms with E-state index >= 15 is 0 Å². The first kappa shape index (κ1) is 41.3. The number of hydrogen-bond donors (Lipinski definition) is 6. The quantitative estimate of drug-likeness (QED) is 0.139. The maximum atomic E-state index is 5.14. The van der Waals surface area contributed by atoms with E-state index in [-0.39, 0.29) is 0 Å². The average Bonchev–Trinajstić information content (AvgIpc) is 2.51. The topological polar surface area (TPSA) is 86.2 Å². The predicted molar refractivity (Wildman–Crippen MR) is 139 cm³/mol. The predicted octanol–water partition coefficient (Wildman–Crippen LogP) is -2.47. The van der Waals surface area contributed by atoms with E-state index in [9.17, 15) is 0 Å². The summed E-state index contributed by atoms with van der Waals surface area (Å²) in [5.74, 6) is 0. The first-order chi connectivity index (χ1) is 10.5. The standard InChI is InChI=1S/C4H11N.2CH4I2N.3CH4IN/c1-2-3-4-5;2*1-4-3-2;3*1-3-2/h2-5H2,1H3;2*4H,1H3;3*3H,1H3/q;2*-1;;;. The number of hydrogen-bond acceptors (Lipinski definition) is 6. The Morgan fingerprint density at radius 2 is 0.955 bits per heavy atom. The van der Waals surface area contributed by atoms with E-state index in [4.69, 9.17) is 5.73 Å². The molecule has 0 aliphatic heterocycles. The second-order valence-corrected chi connectivity index (χ2v) is 13.9. The van der Waals surface area contributed by atoms with Crippen molar-refractivity contribution in [2.45, 2.75) is 19.8 Å². The van der Waals surface area contributed by atoms with E-state index in [0.29, 0.717) is 35.0 Å². The Balaban J connectivity index is -0.0000000354. The molecule has 0 fully saturated rings. The zero-order chi connectivity index (χ0) is 19.1. The molecule has 0 radical (unpaired) electrons. The molecule has 0 aromatic heterocycles. The van der Waals surface area contributed by atoms with Crippen LogP contribution in [0.1, 0.15) is 19.8 Å². The summed E-state index contributed by atoms with van der Waals surface area (Å²) < 4.78 is 14.2. The molecule has 13 heteroatoms. The van der Waals surface area contributed by atoms with Gasteiger partial charge < -0.3 is 5.73 Å². The first-order valence-corrected chi connectivity index (χ1v) is 23.8. The van der Waals surface area contributed by atoms with Crippen LogP contribution < -0.4 is 58.4 Å². The molecular formula is C9H31I7N6-2. The van der Waals surface area contributed by atoms with E-state index in [1.807, 2.05) is 104 Å². The molecule has 148 valence electrons. The number of unbranched alkanes of at least 4 members (excludes halogenated alkanes) is 1. The van der Waals surface area contributed by atoms with Gasteiger partial charge in [0.05, 0.1) is 0 Å². The summed E-state index contributed by atoms with van der Waals surface area (Å²) in [6, 6.07) is 0. The van der Waals surface area contributed by atoms with Crippen molar-refractivity contribution in [1.29, 1.82) is 0 Å². The molecule has 7 N–H and O–H groups in total. The molecular weight excluding hydrogens is 1080 g/mol. The summed E-state index contributed by atoms with van der Waals surface area (Å²) in [4.78, 5) is 0. The summed E-state index contributed by atoms with van der Waals surface area (Å²) in [5.41, 5.74) is 5.14. The Kier molecular flexibility index (Phi) is 136. The van der Waals surface area contributed by atoms with Crippen molar-refractivity contribution >= 4 is 106 Å². The van der Waals surface area contributed by atoms with Crippen LogP contribution in [0, 0.1) is 0 Å². The van der Waals surface area contributed by atoms with Crippen LogP contribution in [-0.2, 0) is 0 Å². The minimum absolute atomic E-state index is 0.331. The number of nitrogens with one attached hydrogen (secondary N) is 5. The van der Waals surface area contributed by atoms with Crippen molar-refractivity contribution in [1.82, 2.24) is 17.7 Å². The summed E-state index contributed by atoms with van der Waals surface area (Å²) in [6.07, 6.45) is 2.39. The Morgan fingerprint density at radius 3 is 0.955 bits per heavy atom. The monoisotopic (exact) mass is 1110 g/mol. The molecule has 22 heavy (non-hydrogen) atoms. The van der Waals surface area contributed by atoms with Gasteiger partial charge in [0.25, 0.3) is 0 Å². The molecule has 0 atom stereocenters. The summed E-state index contributed by atoms with van der Waals surface area (Å²) in [6.45, 7) is 2.98. The van der Waals surface area contributed by atoms with Gasteiger partial charge in [0, 0.05) is 68.6 Å². The van der Waals surface area contributed by atoms with E-state index in [1.54, 1.807) is 0 Å². The van der Waals surface area contributed by atoms with Crippen molar-refractivity contribution in [2.24, 2.45) is 5.73 Å². The fraction of sp³-hybridized carbons (Fsp3) is 1.00. The van der Waals surface area contributed by atoms with Crippen LogP contribution in [0.15, 0.2) is 0 Å². The van der Waals surface area contributed by atoms with Crippen molar-refractivity contribution in [3.63, 3.8) is 0 Å². The Bertz CT molecular complexity index is 86.1. The Morgan fingerprint density at radius 1 is 0.773 bits per heavy atom. The number of nitrogens with two attached hydrogens (primary N) is 1. The van der Waals surface area contributed by atoms with E-state index in [0.717, 1.165) is 6.54 Å². The Hall–Kier alpha value is 4.87. The third kappa shape index (κ3) is 180. The summed E-state index contributed by atoms with van der Waals surface area (Å²) >= 11 is 11.5. The average molecular weight is 1110 g/mol. The molecule has 0 amide bonds. The molecule has 6 nitrogen and oxygen atoms in total. The van der Waals surface area contributed by atoms with Crippen LogP contribution in [-0.4, -0.2) is 41.8 Å². The fourth-order valence-electron chi connectivity index (χ4n) is 0.204. The van der Waals surface area contributed by atoms with E-state index in [2.05, 4.69) is 61.8 Å². The van der Waals surface area contributed by atoms with Gasteiger partial charge in [0.1, 0.15) is 0 Å². The molecule has 0 aliphatic rings. The second kappa shape index (κ2) is 72.4. The van der Waals surface area contributed by atoms with Crippen LogP contribution in [0.2, 0.25) is 0 Å². The zero-order valence-corrected chi connectivity index (χ0v) is 28.9. The van der Waals surface area contributed by atoms with Gasteiger partial charge in [-0.2, -0.15) is 0 Å². The molecule has 0 aromatic rings. The third-order valence-electron chi connectivity index (χ3n) is 0.701.